The Morgan fingerprint density at radius 3 is 2.42 bits per heavy atom. The third-order valence-corrected chi connectivity index (χ3v) is 5.68. The normalized spacial score (nSPS) is 13.1. The Morgan fingerprint density at radius 1 is 1.16 bits per heavy atom. The van der Waals surface area contributed by atoms with Gasteiger partial charge in [-0.3, -0.25) is 9.36 Å². The lowest BCUT2D eigenvalue weighted by Gasteiger charge is -2.19. The molecule has 1 heterocycles. The number of halogens is 6. The summed E-state index contributed by atoms with van der Waals surface area (Å²) in [6.45, 7) is -2.63. The maximum Gasteiger partial charge on any atom is 0.416 e. The van der Waals surface area contributed by atoms with Gasteiger partial charge in [-0.2, -0.15) is 13.2 Å². The second kappa shape index (κ2) is 11.8. The lowest BCUT2D eigenvalue weighted by molar-refractivity contribution is -0.207. The molecule has 0 aliphatic rings. The Labute approximate surface area is 221 Å². The van der Waals surface area contributed by atoms with E-state index in [4.69, 9.17) is 28.9 Å². The summed E-state index contributed by atoms with van der Waals surface area (Å²) >= 11 is 11.6. The van der Waals surface area contributed by atoms with Gasteiger partial charge in [-0.25, -0.2) is 18.7 Å². The van der Waals surface area contributed by atoms with E-state index in [-0.39, 0.29) is 22.0 Å². The first-order valence-corrected chi connectivity index (χ1v) is 11.4. The van der Waals surface area contributed by atoms with Crippen LogP contribution in [0, 0.1) is 5.82 Å². The molecule has 0 radical (unpaired) electrons. The molecule has 3 rings (SSSR count). The summed E-state index contributed by atoms with van der Waals surface area (Å²) in [7, 11) is 0. The maximum atomic E-state index is 14.6. The summed E-state index contributed by atoms with van der Waals surface area (Å²) in [5.74, 6) is -2.15. The van der Waals surface area contributed by atoms with Crippen molar-refractivity contribution in [1.29, 1.82) is 0 Å². The number of benzene rings is 2. The molecular formula is C22H19Cl2F4N5O5. The summed E-state index contributed by atoms with van der Waals surface area (Å²) in [6.07, 6.45) is -9.15. The molecule has 0 fully saturated rings. The third-order valence-electron chi connectivity index (χ3n) is 5.14. The van der Waals surface area contributed by atoms with Gasteiger partial charge in [0.15, 0.2) is 11.9 Å². The van der Waals surface area contributed by atoms with Gasteiger partial charge in [-0.1, -0.05) is 35.3 Å². The molecule has 3 aromatic rings. The van der Waals surface area contributed by atoms with Gasteiger partial charge in [-0.05, 0) is 30.3 Å². The quantitative estimate of drug-likeness (QED) is 0.333. The molecule has 2 unspecified atom stereocenters. The van der Waals surface area contributed by atoms with Crippen LogP contribution in [0.1, 0.15) is 11.6 Å². The zero-order valence-electron chi connectivity index (χ0n) is 19.1. The van der Waals surface area contributed by atoms with Gasteiger partial charge in [0.2, 0.25) is 5.91 Å². The van der Waals surface area contributed by atoms with Crippen LogP contribution in [-0.2, 0) is 22.6 Å². The molecule has 4 N–H and O–H groups in total. The van der Waals surface area contributed by atoms with Crippen molar-refractivity contribution in [2.45, 2.75) is 31.4 Å². The highest BCUT2D eigenvalue weighted by atomic mass is 35.5. The van der Waals surface area contributed by atoms with E-state index in [1.807, 2.05) is 0 Å². The lowest BCUT2D eigenvalue weighted by atomic mass is 10.1. The van der Waals surface area contributed by atoms with E-state index < -0.39 is 61.5 Å². The molecule has 0 spiro atoms. The van der Waals surface area contributed by atoms with Crippen molar-refractivity contribution in [2.75, 3.05) is 6.61 Å². The molecular weight excluding hydrogens is 561 g/mol. The van der Waals surface area contributed by atoms with Crippen molar-refractivity contribution in [3.05, 3.63) is 74.4 Å². The monoisotopic (exact) mass is 579 g/mol. The zero-order chi connectivity index (χ0) is 28.2. The van der Waals surface area contributed by atoms with E-state index in [0.29, 0.717) is 14.3 Å². The first-order valence-electron chi connectivity index (χ1n) is 10.6. The van der Waals surface area contributed by atoms with Crippen LogP contribution >= 0.6 is 23.2 Å². The highest BCUT2D eigenvalue weighted by molar-refractivity contribution is 6.31. The van der Waals surface area contributed by atoms with E-state index in [9.17, 15) is 37.1 Å². The first-order chi connectivity index (χ1) is 17.8. The minimum Gasteiger partial charge on any atom is -0.447 e. The number of hydrogen-bond donors (Lipinski definition) is 3. The van der Waals surface area contributed by atoms with Crippen molar-refractivity contribution in [1.82, 2.24) is 19.7 Å². The molecule has 0 bridgehead atoms. The number of carbonyl (C=O) groups excluding carboxylic acids is 2. The number of hydrogen-bond acceptors (Lipinski definition) is 6. The fraction of sp³-hybridized carbons (Fsp3) is 0.273. The lowest BCUT2D eigenvalue weighted by Crippen LogP contribution is -2.40. The van der Waals surface area contributed by atoms with Gasteiger partial charge in [0.05, 0.1) is 17.6 Å². The van der Waals surface area contributed by atoms with Crippen LogP contribution in [0.25, 0.3) is 11.4 Å². The van der Waals surface area contributed by atoms with Crippen molar-refractivity contribution in [2.24, 2.45) is 5.73 Å². The van der Waals surface area contributed by atoms with Crippen LogP contribution in [0.2, 0.25) is 10.0 Å². The van der Waals surface area contributed by atoms with E-state index in [1.165, 1.54) is 42.5 Å². The SMILES string of the molecule is NC(=O)OCC(NC(=O)Cn1nc(-c2ccc(Cl)cc2)n(CC(O)C(F)(F)F)c1=O)c1cccc(Cl)c1F. The first kappa shape index (κ1) is 28.9. The largest absolute Gasteiger partial charge is 0.447 e. The molecule has 2 atom stereocenters. The van der Waals surface area contributed by atoms with Crippen molar-refractivity contribution in [3.8, 4) is 11.4 Å². The number of aliphatic hydroxyl groups excluding tert-OH is 1. The van der Waals surface area contributed by atoms with E-state index in [1.54, 1.807) is 0 Å². The van der Waals surface area contributed by atoms with Crippen LogP contribution in [-0.4, -0.2) is 50.3 Å². The number of nitrogens with two attached hydrogens (primary N) is 1. The van der Waals surface area contributed by atoms with Gasteiger partial charge in [-0.15, -0.1) is 5.10 Å². The van der Waals surface area contributed by atoms with Gasteiger partial charge in [0.1, 0.15) is 19.0 Å². The van der Waals surface area contributed by atoms with Crippen LogP contribution in [0.4, 0.5) is 22.4 Å². The van der Waals surface area contributed by atoms with Crippen molar-refractivity contribution in [3.63, 3.8) is 0 Å². The molecule has 0 saturated heterocycles. The number of primary amides is 1. The highest BCUT2D eigenvalue weighted by Gasteiger charge is 2.39. The van der Waals surface area contributed by atoms with Gasteiger partial charge in [0, 0.05) is 16.1 Å². The predicted octanol–water partition coefficient (Wildman–Crippen LogP) is 3.03. The van der Waals surface area contributed by atoms with Crippen LogP contribution in [0.15, 0.2) is 47.3 Å². The number of nitrogens with one attached hydrogen (secondary N) is 1. The molecule has 10 nitrogen and oxygen atoms in total. The second-order valence-electron chi connectivity index (χ2n) is 7.83. The Hall–Kier alpha value is -3.62. The topological polar surface area (TPSA) is 141 Å². The third kappa shape index (κ3) is 7.02. The number of aliphatic hydroxyl groups is 1. The minimum atomic E-state index is -5.04. The van der Waals surface area contributed by atoms with Gasteiger partial charge >= 0.3 is 18.0 Å². The molecule has 204 valence electrons. The fourth-order valence-corrected chi connectivity index (χ4v) is 3.65. The maximum absolute atomic E-state index is 14.6. The molecule has 2 aromatic carbocycles. The summed E-state index contributed by atoms with van der Waals surface area (Å²) in [5.41, 5.74) is 3.82. The second-order valence-corrected chi connectivity index (χ2v) is 8.68. The van der Waals surface area contributed by atoms with Gasteiger partial charge < -0.3 is 20.9 Å². The number of carbonyl (C=O) groups is 2. The number of aromatic nitrogens is 3. The van der Waals surface area contributed by atoms with Gasteiger partial charge in [0.25, 0.3) is 0 Å². The number of ether oxygens (including phenoxy) is 1. The Bertz CT molecular complexity index is 1380. The average Bonchev–Trinajstić information content (AvgIpc) is 3.13. The van der Waals surface area contributed by atoms with Crippen molar-refractivity contribution < 1.29 is 37.0 Å². The molecule has 2 amide bonds. The molecule has 0 aliphatic heterocycles. The van der Waals surface area contributed by atoms with Crippen LogP contribution < -0.4 is 16.7 Å². The Kier molecular flexibility index (Phi) is 9.01. The number of alkyl halides is 3. The van der Waals surface area contributed by atoms with Crippen LogP contribution in [0.5, 0.6) is 0 Å². The highest BCUT2D eigenvalue weighted by Crippen LogP contribution is 2.25. The van der Waals surface area contributed by atoms with Crippen LogP contribution in [0.3, 0.4) is 0 Å². The van der Waals surface area contributed by atoms with E-state index in [2.05, 4.69) is 15.2 Å². The van der Waals surface area contributed by atoms with E-state index >= 15 is 0 Å². The Morgan fingerprint density at radius 2 is 1.82 bits per heavy atom. The van der Waals surface area contributed by atoms with Crippen molar-refractivity contribution >= 4 is 35.2 Å². The predicted molar refractivity (Wildman–Crippen MR) is 127 cm³/mol. The molecule has 38 heavy (non-hydrogen) atoms. The number of rotatable bonds is 9. The Balaban J connectivity index is 1.93. The molecule has 0 aliphatic carbocycles. The zero-order valence-corrected chi connectivity index (χ0v) is 20.6. The minimum absolute atomic E-state index is 0.167. The summed E-state index contributed by atoms with van der Waals surface area (Å²) in [5, 5.41) is 15.9. The summed E-state index contributed by atoms with van der Waals surface area (Å²) < 4.78 is 59.4. The fourth-order valence-electron chi connectivity index (χ4n) is 3.34. The standard InChI is InChI=1S/C22H19Cl2F4N5O5/c23-12-6-4-11(5-7-12)19-31-33(21(37)32(19)8-16(34)22(26,27)28)9-17(35)30-15(10-38-20(29)36)13-2-1-3-14(24)18(13)25/h1-7,15-16,34H,8-10H2,(H2,29,36)(H,30,35). The molecule has 16 heteroatoms. The summed E-state index contributed by atoms with van der Waals surface area (Å²) in [6, 6.07) is 8.15. The average molecular weight is 580 g/mol. The summed E-state index contributed by atoms with van der Waals surface area (Å²) in [4.78, 5) is 36.8. The number of amides is 2. The number of nitrogens with zero attached hydrogens (tertiary/aromatic N) is 3. The van der Waals surface area contributed by atoms with E-state index in [0.717, 1.165) is 0 Å². The molecule has 1 aromatic heterocycles. The molecule has 0 saturated carbocycles. The smallest absolute Gasteiger partial charge is 0.416 e.